The monoisotopic (exact) mass is 255 g/mol. The molecule has 0 spiro atoms. The van der Waals surface area contributed by atoms with Gasteiger partial charge in [-0.2, -0.15) is 0 Å². The SMILES string of the molecule is CC1Oc2cc(Br)ccc2N(C)C1=O. The molecule has 2 rings (SSSR count). The summed E-state index contributed by atoms with van der Waals surface area (Å²) < 4.78 is 6.42. The lowest BCUT2D eigenvalue weighted by Gasteiger charge is -2.30. The second kappa shape index (κ2) is 3.28. The molecule has 1 atom stereocenters. The second-order valence-electron chi connectivity index (χ2n) is 3.27. The third kappa shape index (κ3) is 1.39. The largest absolute Gasteiger partial charge is 0.479 e. The number of amides is 1. The van der Waals surface area contributed by atoms with Gasteiger partial charge in [-0.15, -0.1) is 0 Å². The third-order valence-electron chi connectivity index (χ3n) is 2.27. The lowest BCUT2D eigenvalue weighted by Crippen LogP contribution is -2.41. The summed E-state index contributed by atoms with van der Waals surface area (Å²) in [6.45, 7) is 1.75. The minimum absolute atomic E-state index is 0.0141. The number of nitrogens with zero attached hydrogens (tertiary/aromatic N) is 1. The average Bonchev–Trinajstić information content (AvgIpc) is 2.14. The number of hydrogen-bond donors (Lipinski definition) is 0. The predicted octanol–water partition coefficient (Wildman–Crippen LogP) is 2.19. The van der Waals surface area contributed by atoms with Crippen molar-refractivity contribution < 1.29 is 9.53 Å². The molecule has 1 heterocycles. The summed E-state index contributed by atoms with van der Waals surface area (Å²) in [6.07, 6.45) is -0.401. The highest BCUT2D eigenvalue weighted by atomic mass is 79.9. The molecule has 0 radical (unpaired) electrons. The van der Waals surface area contributed by atoms with Gasteiger partial charge < -0.3 is 9.64 Å². The van der Waals surface area contributed by atoms with Crippen LogP contribution in [0.25, 0.3) is 0 Å². The van der Waals surface area contributed by atoms with E-state index in [9.17, 15) is 4.79 Å². The van der Waals surface area contributed by atoms with Crippen molar-refractivity contribution in [2.75, 3.05) is 11.9 Å². The Morgan fingerprint density at radius 2 is 2.21 bits per heavy atom. The predicted molar refractivity (Wildman–Crippen MR) is 57.6 cm³/mol. The fourth-order valence-electron chi connectivity index (χ4n) is 1.49. The zero-order valence-corrected chi connectivity index (χ0v) is 9.54. The third-order valence-corrected chi connectivity index (χ3v) is 2.76. The topological polar surface area (TPSA) is 29.5 Å². The van der Waals surface area contributed by atoms with Crippen LogP contribution in [-0.2, 0) is 4.79 Å². The van der Waals surface area contributed by atoms with Gasteiger partial charge in [-0.05, 0) is 25.1 Å². The molecule has 1 amide bonds. The van der Waals surface area contributed by atoms with Gasteiger partial charge in [0.2, 0.25) is 0 Å². The molecule has 74 valence electrons. The summed E-state index contributed by atoms with van der Waals surface area (Å²) in [6, 6.07) is 5.62. The van der Waals surface area contributed by atoms with Gasteiger partial charge in [-0.3, -0.25) is 4.79 Å². The number of fused-ring (bicyclic) bond motifs is 1. The summed E-state index contributed by atoms with van der Waals surface area (Å²) in [4.78, 5) is 13.2. The van der Waals surface area contributed by atoms with Crippen molar-refractivity contribution in [3.8, 4) is 5.75 Å². The van der Waals surface area contributed by atoms with Crippen LogP contribution >= 0.6 is 15.9 Å². The van der Waals surface area contributed by atoms with E-state index >= 15 is 0 Å². The smallest absolute Gasteiger partial charge is 0.267 e. The Hall–Kier alpha value is -1.03. The van der Waals surface area contributed by atoms with Crippen LogP contribution in [0.15, 0.2) is 22.7 Å². The Kier molecular flexibility index (Phi) is 2.23. The van der Waals surface area contributed by atoms with Gasteiger partial charge in [0.15, 0.2) is 6.10 Å². The lowest BCUT2D eigenvalue weighted by atomic mass is 10.2. The zero-order chi connectivity index (χ0) is 10.3. The normalized spacial score (nSPS) is 20.4. The molecule has 3 nitrogen and oxygen atoms in total. The van der Waals surface area contributed by atoms with Gasteiger partial charge in [0.05, 0.1) is 5.69 Å². The van der Waals surface area contributed by atoms with Crippen molar-refractivity contribution in [2.45, 2.75) is 13.0 Å². The van der Waals surface area contributed by atoms with Crippen molar-refractivity contribution in [1.82, 2.24) is 0 Å². The summed E-state index contributed by atoms with van der Waals surface area (Å²) in [5.74, 6) is 0.730. The molecular formula is C10H10BrNO2. The highest BCUT2D eigenvalue weighted by Gasteiger charge is 2.28. The Morgan fingerprint density at radius 1 is 1.50 bits per heavy atom. The number of anilines is 1. The molecule has 4 heteroatoms. The molecule has 0 N–H and O–H groups in total. The van der Waals surface area contributed by atoms with Crippen LogP contribution < -0.4 is 9.64 Å². The molecular weight excluding hydrogens is 246 g/mol. The van der Waals surface area contributed by atoms with E-state index in [0.717, 1.165) is 15.9 Å². The molecule has 0 aromatic heterocycles. The fraction of sp³-hybridized carbons (Fsp3) is 0.300. The van der Waals surface area contributed by atoms with Gasteiger partial charge >= 0.3 is 0 Å². The van der Waals surface area contributed by atoms with Crippen molar-refractivity contribution in [1.29, 1.82) is 0 Å². The number of carbonyl (C=O) groups excluding carboxylic acids is 1. The zero-order valence-electron chi connectivity index (χ0n) is 7.95. The van der Waals surface area contributed by atoms with Gasteiger partial charge in [0.25, 0.3) is 5.91 Å². The first kappa shape index (κ1) is 9.52. The number of rotatable bonds is 0. The van der Waals surface area contributed by atoms with Gasteiger partial charge in [-0.1, -0.05) is 15.9 Å². The van der Waals surface area contributed by atoms with Crippen LogP contribution in [0.5, 0.6) is 5.75 Å². The van der Waals surface area contributed by atoms with E-state index in [2.05, 4.69) is 15.9 Å². The maximum Gasteiger partial charge on any atom is 0.267 e. The Morgan fingerprint density at radius 3 is 2.93 bits per heavy atom. The maximum atomic E-state index is 11.6. The Labute approximate surface area is 90.8 Å². The van der Waals surface area contributed by atoms with E-state index in [1.165, 1.54) is 0 Å². The number of hydrogen-bond acceptors (Lipinski definition) is 2. The molecule has 0 aliphatic carbocycles. The van der Waals surface area contributed by atoms with E-state index in [-0.39, 0.29) is 5.91 Å². The van der Waals surface area contributed by atoms with Crippen LogP contribution in [-0.4, -0.2) is 19.1 Å². The summed E-state index contributed by atoms with van der Waals surface area (Å²) in [5, 5.41) is 0. The summed E-state index contributed by atoms with van der Waals surface area (Å²) >= 11 is 3.36. The molecule has 1 aromatic carbocycles. The van der Waals surface area contributed by atoms with Gasteiger partial charge in [0, 0.05) is 11.5 Å². The number of halogens is 1. The molecule has 1 unspecified atom stereocenters. The van der Waals surface area contributed by atoms with Crippen molar-refractivity contribution in [3.63, 3.8) is 0 Å². The van der Waals surface area contributed by atoms with Crippen molar-refractivity contribution in [3.05, 3.63) is 22.7 Å². The molecule has 0 saturated carbocycles. The van der Waals surface area contributed by atoms with Crippen molar-refractivity contribution in [2.24, 2.45) is 0 Å². The second-order valence-corrected chi connectivity index (χ2v) is 4.19. The molecule has 0 saturated heterocycles. The lowest BCUT2D eigenvalue weighted by molar-refractivity contribution is -0.125. The summed E-state index contributed by atoms with van der Waals surface area (Å²) in [5.41, 5.74) is 0.816. The number of ether oxygens (including phenoxy) is 1. The standard InChI is InChI=1S/C10H10BrNO2/c1-6-10(13)12(2)8-4-3-7(11)5-9(8)14-6/h3-6H,1-2H3. The van der Waals surface area contributed by atoms with Crippen LogP contribution in [0.3, 0.4) is 0 Å². The van der Waals surface area contributed by atoms with E-state index in [0.29, 0.717) is 0 Å². The average molecular weight is 256 g/mol. The van der Waals surface area contributed by atoms with E-state index in [4.69, 9.17) is 4.74 Å². The number of likely N-dealkylation sites (N-methyl/N-ethyl adjacent to an activating group) is 1. The first-order valence-corrected chi connectivity index (χ1v) is 5.12. The van der Waals surface area contributed by atoms with Crippen LogP contribution in [0.4, 0.5) is 5.69 Å². The maximum absolute atomic E-state index is 11.6. The molecule has 0 fully saturated rings. The van der Waals surface area contributed by atoms with Crippen LogP contribution in [0.2, 0.25) is 0 Å². The molecule has 0 bridgehead atoms. The van der Waals surface area contributed by atoms with Gasteiger partial charge in [-0.25, -0.2) is 0 Å². The van der Waals surface area contributed by atoms with Crippen LogP contribution in [0, 0.1) is 0 Å². The van der Waals surface area contributed by atoms with Gasteiger partial charge in [0.1, 0.15) is 5.75 Å². The minimum atomic E-state index is -0.401. The highest BCUT2D eigenvalue weighted by Crippen LogP contribution is 2.35. The van der Waals surface area contributed by atoms with E-state index in [1.54, 1.807) is 18.9 Å². The Balaban J connectivity index is 2.50. The van der Waals surface area contributed by atoms with Crippen molar-refractivity contribution >= 4 is 27.5 Å². The first-order valence-electron chi connectivity index (χ1n) is 4.33. The number of carbonyl (C=O) groups is 1. The van der Waals surface area contributed by atoms with Crippen LogP contribution in [0.1, 0.15) is 6.92 Å². The first-order chi connectivity index (χ1) is 6.59. The molecule has 1 aromatic rings. The highest BCUT2D eigenvalue weighted by molar-refractivity contribution is 9.10. The van der Waals surface area contributed by atoms with E-state index < -0.39 is 6.10 Å². The van der Waals surface area contributed by atoms with E-state index in [1.807, 2.05) is 18.2 Å². The molecule has 1 aliphatic heterocycles. The molecule has 14 heavy (non-hydrogen) atoms. The number of benzene rings is 1. The fourth-order valence-corrected chi connectivity index (χ4v) is 1.83. The molecule has 1 aliphatic rings. The quantitative estimate of drug-likeness (QED) is 0.712. The Bertz CT molecular complexity index is 392. The minimum Gasteiger partial charge on any atom is -0.479 e. The summed E-state index contributed by atoms with van der Waals surface area (Å²) in [7, 11) is 1.76.